The number of aromatic nitrogens is 5. The normalized spacial score (nSPS) is 10.8. The summed E-state index contributed by atoms with van der Waals surface area (Å²) >= 11 is 6.08. The van der Waals surface area contributed by atoms with Crippen LogP contribution in [0.4, 0.5) is 5.69 Å². The molecule has 156 valence electrons. The minimum atomic E-state index is -0.195. The summed E-state index contributed by atoms with van der Waals surface area (Å²) in [6, 6.07) is 14.2. The zero-order valence-corrected chi connectivity index (χ0v) is 17.5. The summed E-state index contributed by atoms with van der Waals surface area (Å²) in [7, 11) is 1.76. The van der Waals surface area contributed by atoms with Crippen molar-refractivity contribution in [1.82, 2.24) is 24.5 Å². The Balaban J connectivity index is 1.44. The Labute approximate surface area is 183 Å². The quantitative estimate of drug-likeness (QED) is 0.450. The molecule has 0 saturated heterocycles. The van der Waals surface area contributed by atoms with Gasteiger partial charge in [-0.2, -0.15) is 10.2 Å². The molecule has 4 rings (SSSR count). The molecule has 2 aromatic heterocycles. The first-order valence-corrected chi connectivity index (χ1v) is 9.92. The molecular formula is C22H19ClN6O2. The third-order valence-electron chi connectivity index (χ3n) is 4.55. The van der Waals surface area contributed by atoms with E-state index in [9.17, 15) is 9.59 Å². The molecule has 0 unspecified atom stereocenters. The molecule has 0 spiro atoms. The lowest BCUT2D eigenvalue weighted by Gasteiger charge is -2.06. The molecule has 2 heterocycles. The first-order chi connectivity index (χ1) is 15.0. The standard InChI is InChI=1S/C22H19ClN6O2/c1-28-14-24-21(27-28)11-20(30)16-5-4-6-17(10-16)29-13-15(12-25-29)9-22(31)26-19-8-3-2-7-18(19)23/h2-8,10,12-14H,9,11H2,1H3,(H,26,31). The van der Waals surface area contributed by atoms with Crippen LogP contribution in [0.15, 0.2) is 67.3 Å². The number of ketones is 1. The lowest BCUT2D eigenvalue weighted by Crippen LogP contribution is -2.14. The molecule has 0 aliphatic rings. The first-order valence-electron chi connectivity index (χ1n) is 9.54. The van der Waals surface area contributed by atoms with Crippen LogP contribution in [0.1, 0.15) is 21.7 Å². The van der Waals surface area contributed by atoms with Gasteiger partial charge in [-0.3, -0.25) is 14.3 Å². The predicted molar refractivity (Wildman–Crippen MR) is 116 cm³/mol. The second-order valence-electron chi connectivity index (χ2n) is 6.98. The van der Waals surface area contributed by atoms with Crippen LogP contribution in [0, 0.1) is 0 Å². The molecule has 4 aromatic rings. The molecule has 0 aliphatic heterocycles. The fourth-order valence-electron chi connectivity index (χ4n) is 3.07. The maximum Gasteiger partial charge on any atom is 0.228 e. The van der Waals surface area contributed by atoms with E-state index in [-0.39, 0.29) is 24.5 Å². The van der Waals surface area contributed by atoms with E-state index in [4.69, 9.17) is 11.6 Å². The molecule has 9 heteroatoms. The molecule has 1 N–H and O–H groups in total. The van der Waals surface area contributed by atoms with Gasteiger partial charge in [-0.15, -0.1) is 0 Å². The van der Waals surface area contributed by atoms with E-state index in [1.165, 1.54) is 0 Å². The number of aryl methyl sites for hydroxylation is 1. The molecular weight excluding hydrogens is 416 g/mol. The number of hydrogen-bond acceptors (Lipinski definition) is 5. The molecule has 0 atom stereocenters. The number of hydrogen-bond donors (Lipinski definition) is 1. The van der Waals surface area contributed by atoms with Gasteiger partial charge in [-0.05, 0) is 29.8 Å². The fourth-order valence-corrected chi connectivity index (χ4v) is 3.25. The first kappa shape index (κ1) is 20.5. The molecule has 0 radical (unpaired) electrons. The minimum Gasteiger partial charge on any atom is -0.324 e. The molecule has 2 aromatic carbocycles. The number of Topliss-reactive ketones (excluding diaryl/α,β-unsaturated/α-hetero) is 1. The zero-order valence-electron chi connectivity index (χ0n) is 16.7. The van der Waals surface area contributed by atoms with Crippen LogP contribution in [-0.4, -0.2) is 36.2 Å². The molecule has 0 fully saturated rings. The van der Waals surface area contributed by atoms with Crippen LogP contribution in [0.2, 0.25) is 5.02 Å². The Hall–Kier alpha value is -3.78. The molecule has 1 amide bonds. The van der Waals surface area contributed by atoms with Gasteiger partial charge in [0, 0.05) is 18.8 Å². The molecule has 0 bridgehead atoms. The van der Waals surface area contributed by atoms with Crippen LogP contribution < -0.4 is 5.32 Å². The highest BCUT2D eigenvalue weighted by Crippen LogP contribution is 2.20. The van der Waals surface area contributed by atoms with E-state index >= 15 is 0 Å². The number of nitrogens with one attached hydrogen (secondary N) is 1. The van der Waals surface area contributed by atoms with Gasteiger partial charge in [-0.1, -0.05) is 35.9 Å². The Kier molecular flexibility index (Phi) is 5.90. The highest BCUT2D eigenvalue weighted by Gasteiger charge is 2.13. The SMILES string of the molecule is Cn1cnc(CC(=O)c2cccc(-n3cc(CC(=O)Nc4ccccc4Cl)cn3)c2)n1. The van der Waals surface area contributed by atoms with E-state index in [1.54, 1.807) is 77.6 Å². The average Bonchev–Trinajstić information content (AvgIpc) is 3.38. The van der Waals surface area contributed by atoms with E-state index in [0.717, 1.165) is 11.3 Å². The van der Waals surface area contributed by atoms with Crippen LogP contribution in [-0.2, 0) is 24.7 Å². The summed E-state index contributed by atoms with van der Waals surface area (Å²) in [6.07, 6.45) is 5.22. The van der Waals surface area contributed by atoms with Crippen LogP contribution in [0.5, 0.6) is 0 Å². The highest BCUT2D eigenvalue weighted by atomic mass is 35.5. The molecule has 8 nitrogen and oxygen atoms in total. The van der Waals surface area contributed by atoms with Crippen LogP contribution in [0.3, 0.4) is 0 Å². The van der Waals surface area contributed by atoms with Gasteiger partial charge in [0.1, 0.15) is 6.33 Å². The van der Waals surface area contributed by atoms with Gasteiger partial charge in [0.25, 0.3) is 0 Å². The van der Waals surface area contributed by atoms with E-state index in [1.807, 2.05) is 6.07 Å². The molecule has 0 aliphatic carbocycles. The summed E-state index contributed by atoms with van der Waals surface area (Å²) in [5.74, 6) is 0.197. The highest BCUT2D eigenvalue weighted by molar-refractivity contribution is 6.33. The van der Waals surface area contributed by atoms with Crippen LogP contribution in [0.25, 0.3) is 5.69 Å². The smallest absolute Gasteiger partial charge is 0.228 e. The Bertz CT molecular complexity index is 1250. The lowest BCUT2D eigenvalue weighted by atomic mass is 10.1. The van der Waals surface area contributed by atoms with Crippen molar-refractivity contribution in [2.75, 3.05) is 5.32 Å². The number of amides is 1. The average molecular weight is 435 g/mol. The van der Waals surface area contributed by atoms with Gasteiger partial charge in [-0.25, -0.2) is 9.67 Å². The number of rotatable bonds is 7. The fraction of sp³-hybridized carbons (Fsp3) is 0.136. The minimum absolute atomic E-state index is 0.0838. The van der Waals surface area contributed by atoms with Crippen molar-refractivity contribution >= 4 is 29.0 Å². The number of carbonyl (C=O) groups excluding carboxylic acids is 2. The van der Waals surface area contributed by atoms with Crippen molar-refractivity contribution in [3.8, 4) is 5.69 Å². The number of halogens is 1. The van der Waals surface area contributed by atoms with E-state index in [2.05, 4.69) is 20.5 Å². The Morgan fingerprint density at radius 3 is 2.71 bits per heavy atom. The van der Waals surface area contributed by atoms with Crippen molar-refractivity contribution in [2.24, 2.45) is 7.05 Å². The maximum atomic E-state index is 12.6. The Morgan fingerprint density at radius 1 is 1.10 bits per heavy atom. The van der Waals surface area contributed by atoms with E-state index in [0.29, 0.717) is 22.1 Å². The number of benzene rings is 2. The number of para-hydroxylation sites is 1. The zero-order chi connectivity index (χ0) is 21.8. The third-order valence-corrected chi connectivity index (χ3v) is 4.88. The van der Waals surface area contributed by atoms with Crippen molar-refractivity contribution in [2.45, 2.75) is 12.8 Å². The monoisotopic (exact) mass is 434 g/mol. The second kappa shape index (κ2) is 8.93. The number of carbonyl (C=O) groups is 2. The predicted octanol–water partition coefficient (Wildman–Crippen LogP) is 3.26. The van der Waals surface area contributed by atoms with Gasteiger partial charge in [0.05, 0.1) is 35.4 Å². The molecule has 31 heavy (non-hydrogen) atoms. The molecule has 0 saturated carbocycles. The number of nitrogens with zero attached hydrogens (tertiary/aromatic N) is 5. The summed E-state index contributed by atoms with van der Waals surface area (Å²) < 4.78 is 3.19. The summed E-state index contributed by atoms with van der Waals surface area (Å²) in [5, 5.41) is 11.7. The second-order valence-corrected chi connectivity index (χ2v) is 7.39. The topological polar surface area (TPSA) is 94.7 Å². The van der Waals surface area contributed by atoms with Gasteiger partial charge < -0.3 is 5.32 Å². The van der Waals surface area contributed by atoms with Gasteiger partial charge >= 0.3 is 0 Å². The van der Waals surface area contributed by atoms with Gasteiger partial charge in [0.2, 0.25) is 5.91 Å². The summed E-state index contributed by atoms with van der Waals surface area (Å²) in [4.78, 5) is 29.0. The van der Waals surface area contributed by atoms with E-state index < -0.39 is 0 Å². The maximum absolute atomic E-state index is 12.6. The summed E-state index contributed by atoms with van der Waals surface area (Å²) in [6.45, 7) is 0. The lowest BCUT2D eigenvalue weighted by molar-refractivity contribution is -0.115. The van der Waals surface area contributed by atoms with Crippen molar-refractivity contribution in [1.29, 1.82) is 0 Å². The van der Waals surface area contributed by atoms with Crippen molar-refractivity contribution in [3.63, 3.8) is 0 Å². The van der Waals surface area contributed by atoms with Gasteiger partial charge in [0.15, 0.2) is 11.6 Å². The summed E-state index contributed by atoms with van der Waals surface area (Å²) in [5.41, 5.74) is 2.56. The van der Waals surface area contributed by atoms with Crippen molar-refractivity contribution < 1.29 is 9.59 Å². The Morgan fingerprint density at radius 2 is 1.94 bits per heavy atom. The number of anilines is 1. The largest absolute Gasteiger partial charge is 0.324 e. The third kappa shape index (κ3) is 5.04. The van der Waals surface area contributed by atoms with Crippen LogP contribution >= 0.6 is 11.6 Å². The van der Waals surface area contributed by atoms with Crippen molar-refractivity contribution in [3.05, 3.63) is 89.2 Å².